The summed E-state index contributed by atoms with van der Waals surface area (Å²) in [6, 6.07) is 11.3. The maximum Gasteiger partial charge on any atom is 0.419 e. The summed E-state index contributed by atoms with van der Waals surface area (Å²) in [5.74, 6) is -0.368. The molecule has 0 amide bonds. The quantitative estimate of drug-likeness (QED) is 0.702. The van der Waals surface area contributed by atoms with Crippen molar-refractivity contribution in [1.29, 1.82) is 0 Å². The van der Waals surface area contributed by atoms with E-state index in [0.717, 1.165) is 22.5 Å². The monoisotopic (exact) mass is 269 g/mol. The van der Waals surface area contributed by atoms with Gasteiger partial charge in [0.25, 0.3) is 0 Å². The van der Waals surface area contributed by atoms with Gasteiger partial charge in [0, 0.05) is 18.8 Å². The van der Waals surface area contributed by atoms with Gasteiger partial charge in [-0.05, 0) is 36.8 Å². The molecule has 0 unspecified atom stereocenters. The van der Waals surface area contributed by atoms with Gasteiger partial charge in [0.1, 0.15) is 0 Å². The van der Waals surface area contributed by atoms with E-state index in [2.05, 4.69) is 5.32 Å². The molecule has 102 valence electrons. The number of nitrogens with two attached hydrogens (primary N) is 1. The first kappa shape index (κ1) is 12.3. The lowest BCUT2D eigenvalue weighted by Crippen LogP contribution is -2.08. The van der Waals surface area contributed by atoms with Crippen molar-refractivity contribution in [2.24, 2.45) is 7.05 Å². The van der Waals surface area contributed by atoms with Crippen molar-refractivity contribution < 1.29 is 4.42 Å². The van der Waals surface area contributed by atoms with Crippen LogP contribution in [0.4, 0.5) is 17.1 Å². The number of hydrogen-bond acceptors (Lipinski definition) is 4. The third-order valence-corrected chi connectivity index (χ3v) is 3.28. The van der Waals surface area contributed by atoms with Crippen LogP contribution in [-0.4, -0.2) is 4.57 Å². The van der Waals surface area contributed by atoms with Crippen LogP contribution in [0.5, 0.6) is 0 Å². The van der Waals surface area contributed by atoms with Crippen molar-refractivity contribution in [2.75, 3.05) is 11.1 Å². The van der Waals surface area contributed by atoms with Crippen molar-refractivity contribution in [3.05, 3.63) is 52.5 Å². The molecule has 0 radical (unpaired) electrons. The molecular formula is C15H15N3O2. The average molecular weight is 269 g/mol. The van der Waals surface area contributed by atoms with Crippen LogP contribution in [0.1, 0.15) is 5.56 Å². The van der Waals surface area contributed by atoms with Crippen molar-refractivity contribution in [3.8, 4) is 0 Å². The summed E-state index contributed by atoms with van der Waals surface area (Å²) < 4.78 is 6.64. The third kappa shape index (κ3) is 2.03. The largest absolute Gasteiger partial charge is 0.419 e. The lowest BCUT2D eigenvalue weighted by Gasteiger charge is -2.10. The summed E-state index contributed by atoms with van der Waals surface area (Å²) in [5.41, 5.74) is 10.7. The Morgan fingerprint density at radius 1 is 1.20 bits per heavy atom. The standard InChI is InChI=1S/C15H15N3O2/c1-9-3-5-11(16)12(7-9)17-10-4-6-13-14(8-10)20-15(19)18(13)2/h3-8,17H,16H2,1-2H3. The third-order valence-electron chi connectivity index (χ3n) is 3.28. The zero-order valence-electron chi connectivity index (χ0n) is 11.3. The van der Waals surface area contributed by atoms with E-state index in [0.29, 0.717) is 11.3 Å². The number of nitrogens with one attached hydrogen (secondary N) is 1. The van der Waals surface area contributed by atoms with Gasteiger partial charge in [-0.3, -0.25) is 4.57 Å². The van der Waals surface area contributed by atoms with Crippen LogP contribution in [-0.2, 0) is 7.05 Å². The number of nitrogen functional groups attached to an aromatic ring is 1. The number of fused-ring (bicyclic) bond motifs is 1. The van der Waals surface area contributed by atoms with Gasteiger partial charge >= 0.3 is 5.76 Å². The molecule has 3 rings (SSSR count). The molecule has 5 heteroatoms. The molecule has 3 N–H and O–H groups in total. The van der Waals surface area contributed by atoms with Crippen LogP contribution in [0.15, 0.2) is 45.6 Å². The Labute approximate surface area is 115 Å². The van der Waals surface area contributed by atoms with Gasteiger partial charge in [-0.15, -0.1) is 0 Å². The van der Waals surface area contributed by atoms with Crippen molar-refractivity contribution >= 4 is 28.2 Å². The fourth-order valence-corrected chi connectivity index (χ4v) is 2.15. The van der Waals surface area contributed by atoms with E-state index in [1.807, 2.05) is 37.3 Å². The van der Waals surface area contributed by atoms with Gasteiger partial charge in [-0.2, -0.15) is 0 Å². The second-order valence-electron chi connectivity index (χ2n) is 4.83. The van der Waals surface area contributed by atoms with E-state index in [1.165, 1.54) is 4.57 Å². The molecular weight excluding hydrogens is 254 g/mol. The van der Waals surface area contributed by atoms with Crippen LogP contribution >= 0.6 is 0 Å². The highest BCUT2D eigenvalue weighted by Crippen LogP contribution is 2.26. The van der Waals surface area contributed by atoms with Crippen LogP contribution in [0, 0.1) is 6.92 Å². The molecule has 5 nitrogen and oxygen atoms in total. The van der Waals surface area contributed by atoms with E-state index in [4.69, 9.17) is 10.2 Å². The second kappa shape index (κ2) is 4.45. The minimum absolute atomic E-state index is 0.368. The molecule has 0 aliphatic heterocycles. The molecule has 20 heavy (non-hydrogen) atoms. The zero-order valence-corrected chi connectivity index (χ0v) is 11.3. The van der Waals surface area contributed by atoms with Gasteiger partial charge < -0.3 is 15.5 Å². The summed E-state index contributed by atoms with van der Waals surface area (Å²) in [6.45, 7) is 2.00. The summed E-state index contributed by atoms with van der Waals surface area (Å²) in [6.07, 6.45) is 0. The summed E-state index contributed by atoms with van der Waals surface area (Å²) in [4.78, 5) is 11.5. The zero-order chi connectivity index (χ0) is 14.3. The molecule has 0 aliphatic carbocycles. The van der Waals surface area contributed by atoms with E-state index in [1.54, 1.807) is 13.1 Å². The predicted octanol–water partition coefficient (Wildman–Crippen LogP) is 2.77. The van der Waals surface area contributed by atoms with E-state index in [9.17, 15) is 4.79 Å². The number of oxazole rings is 1. The molecule has 3 aromatic rings. The molecule has 0 saturated carbocycles. The lowest BCUT2D eigenvalue weighted by atomic mass is 10.2. The first-order chi connectivity index (χ1) is 9.54. The number of aromatic nitrogens is 1. The molecule has 0 spiro atoms. The van der Waals surface area contributed by atoms with Crippen LogP contribution < -0.4 is 16.8 Å². The molecule has 0 bridgehead atoms. The molecule has 0 aliphatic rings. The first-order valence-corrected chi connectivity index (χ1v) is 6.27. The normalized spacial score (nSPS) is 10.9. The fourth-order valence-electron chi connectivity index (χ4n) is 2.15. The second-order valence-corrected chi connectivity index (χ2v) is 4.83. The minimum Gasteiger partial charge on any atom is -0.408 e. The summed E-state index contributed by atoms with van der Waals surface area (Å²) >= 11 is 0. The number of rotatable bonds is 2. The average Bonchev–Trinajstić information content (AvgIpc) is 2.69. The highest BCUT2D eigenvalue weighted by Gasteiger charge is 2.07. The number of anilines is 3. The molecule has 1 aromatic heterocycles. The van der Waals surface area contributed by atoms with Gasteiger partial charge in [0.05, 0.1) is 16.9 Å². The maximum atomic E-state index is 11.5. The van der Waals surface area contributed by atoms with E-state index >= 15 is 0 Å². The number of aryl methyl sites for hydroxylation is 2. The Morgan fingerprint density at radius 3 is 2.80 bits per heavy atom. The number of hydrogen-bond donors (Lipinski definition) is 2. The minimum atomic E-state index is -0.368. The van der Waals surface area contributed by atoms with Crippen LogP contribution in [0.3, 0.4) is 0 Å². The van der Waals surface area contributed by atoms with Gasteiger partial charge in [0.15, 0.2) is 5.58 Å². The van der Waals surface area contributed by atoms with Gasteiger partial charge in [0.2, 0.25) is 0 Å². The predicted molar refractivity (Wildman–Crippen MR) is 80.3 cm³/mol. The van der Waals surface area contributed by atoms with E-state index < -0.39 is 0 Å². The van der Waals surface area contributed by atoms with Crippen molar-refractivity contribution in [1.82, 2.24) is 4.57 Å². The topological polar surface area (TPSA) is 73.2 Å². The van der Waals surface area contributed by atoms with Crippen LogP contribution in [0.25, 0.3) is 11.1 Å². The fraction of sp³-hybridized carbons (Fsp3) is 0.133. The van der Waals surface area contributed by atoms with Crippen LogP contribution in [0.2, 0.25) is 0 Å². The number of benzene rings is 2. The molecule has 0 fully saturated rings. The molecule has 0 saturated heterocycles. The first-order valence-electron chi connectivity index (χ1n) is 6.27. The Hall–Kier alpha value is -2.69. The van der Waals surface area contributed by atoms with Gasteiger partial charge in [-0.1, -0.05) is 6.07 Å². The lowest BCUT2D eigenvalue weighted by molar-refractivity contribution is 0.528. The molecule has 1 heterocycles. The SMILES string of the molecule is Cc1ccc(N)c(Nc2ccc3c(c2)oc(=O)n3C)c1. The van der Waals surface area contributed by atoms with Gasteiger partial charge in [-0.25, -0.2) is 4.79 Å². The Bertz CT molecular complexity index is 846. The smallest absolute Gasteiger partial charge is 0.408 e. The Kier molecular flexibility index (Phi) is 2.75. The maximum absolute atomic E-state index is 11.5. The molecule has 2 aromatic carbocycles. The van der Waals surface area contributed by atoms with E-state index in [-0.39, 0.29) is 5.76 Å². The summed E-state index contributed by atoms with van der Waals surface area (Å²) in [5, 5.41) is 3.24. The number of nitrogens with zero attached hydrogens (tertiary/aromatic N) is 1. The highest BCUT2D eigenvalue weighted by molar-refractivity contribution is 5.81. The van der Waals surface area contributed by atoms with Crippen molar-refractivity contribution in [2.45, 2.75) is 6.92 Å². The van der Waals surface area contributed by atoms with Crippen molar-refractivity contribution in [3.63, 3.8) is 0 Å². The summed E-state index contributed by atoms with van der Waals surface area (Å²) in [7, 11) is 1.68. The Morgan fingerprint density at radius 2 is 2.00 bits per heavy atom. The Balaban J connectivity index is 2.02. The molecule has 0 atom stereocenters. The highest BCUT2D eigenvalue weighted by atomic mass is 16.4.